The highest BCUT2D eigenvalue weighted by Crippen LogP contribution is 2.26. The number of anilines is 1. The van der Waals surface area contributed by atoms with E-state index < -0.39 is 41.5 Å². The lowest BCUT2D eigenvalue weighted by molar-refractivity contribution is -0.123. The Morgan fingerprint density at radius 3 is 2.31 bits per heavy atom. The first-order valence-electron chi connectivity index (χ1n) is 8.64. The quantitative estimate of drug-likeness (QED) is 0.301. The topological polar surface area (TPSA) is 74.2 Å². The fourth-order valence-corrected chi connectivity index (χ4v) is 2.45. The van der Waals surface area contributed by atoms with Crippen LogP contribution in [0.15, 0.2) is 29.4 Å². The van der Waals surface area contributed by atoms with Gasteiger partial charge < -0.3 is 14.7 Å². The van der Waals surface area contributed by atoms with Crippen LogP contribution < -0.4 is 15.1 Å². The maximum atomic E-state index is 13.5. The number of phenolic OH excluding ortho intramolecular Hbond substituents is 1. The number of hydrogen-bond donors (Lipinski definition) is 2. The summed E-state index contributed by atoms with van der Waals surface area (Å²) in [6, 6.07) is 4.93. The Labute approximate surface area is 164 Å². The average molecular weight is 413 g/mol. The van der Waals surface area contributed by atoms with Gasteiger partial charge in [-0.05, 0) is 26.0 Å². The molecule has 0 heterocycles. The molecule has 0 atom stereocenters. The molecule has 6 nitrogen and oxygen atoms in total. The minimum absolute atomic E-state index is 0.0277. The molecule has 0 aliphatic rings. The third-order valence-corrected chi connectivity index (χ3v) is 3.95. The van der Waals surface area contributed by atoms with Gasteiger partial charge in [-0.15, -0.1) is 0 Å². The van der Waals surface area contributed by atoms with Crippen molar-refractivity contribution in [3.8, 4) is 11.5 Å². The van der Waals surface area contributed by atoms with E-state index in [0.29, 0.717) is 5.56 Å². The van der Waals surface area contributed by atoms with E-state index in [1.807, 2.05) is 24.2 Å². The molecule has 1 amide bonds. The zero-order valence-electron chi connectivity index (χ0n) is 15.7. The number of ether oxygens (including phenoxy) is 1. The van der Waals surface area contributed by atoms with E-state index in [4.69, 9.17) is 0 Å². The Kier molecular flexibility index (Phi) is 7.40. The largest absolute Gasteiger partial charge is 0.507 e. The summed E-state index contributed by atoms with van der Waals surface area (Å²) in [6.07, 6.45) is 1.16. The van der Waals surface area contributed by atoms with Crippen molar-refractivity contribution < 1.29 is 32.2 Å². The smallest absolute Gasteiger partial charge is 0.277 e. The second-order valence-corrected chi connectivity index (χ2v) is 5.79. The van der Waals surface area contributed by atoms with Gasteiger partial charge in [-0.2, -0.15) is 13.9 Å². The summed E-state index contributed by atoms with van der Waals surface area (Å²) < 4.78 is 57.6. The fourth-order valence-electron chi connectivity index (χ4n) is 2.45. The van der Waals surface area contributed by atoms with Gasteiger partial charge in [0.25, 0.3) is 5.91 Å². The van der Waals surface area contributed by atoms with E-state index in [-0.39, 0.29) is 11.8 Å². The van der Waals surface area contributed by atoms with Gasteiger partial charge in [-0.1, -0.05) is 0 Å². The molecule has 2 aromatic carbocycles. The van der Waals surface area contributed by atoms with Crippen LogP contribution >= 0.6 is 0 Å². The second kappa shape index (κ2) is 9.76. The maximum Gasteiger partial charge on any atom is 0.277 e. The van der Waals surface area contributed by atoms with Crippen molar-refractivity contribution in [1.29, 1.82) is 0 Å². The molecule has 0 unspecified atom stereocenters. The van der Waals surface area contributed by atoms with E-state index in [1.54, 1.807) is 18.2 Å². The molecule has 0 saturated heterocycles. The molecule has 0 bridgehead atoms. The average Bonchev–Trinajstić information content (AvgIpc) is 2.69. The number of carbonyl (C=O) groups is 1. The molecule has 0 spiro atoms. The number of halogens is 4. The number of nitrogens with zero attached hydrogens (tertiary/aromatic N) is 2. The van der Waals surface area contributed by atoms with Crippen LogP contribution in [0.3, 0.4) is 0 Å². The zero-order chi connectivity index (χ0) is 21.6. The molecule has 2 aromatic rings. The van der Waals surface area contributed by atoms with Crippen LogP contribution in [0, 0.1) is 23.3 Å². The standard InChI is InChI=1S/C19H19F4N3O3/c1-3-26(4-2)12-6-5-11(15(27)7-12)9-24-25-16(28)10-29-19-17(22)13(20)8-14(21)18(19)23/h5-9,27H,3-4,10H2,1-2H3,(H,25,28). The van der Waals surface area contributed by atoms with Crippen molar-refractivity contribution in [3.05, 3.63) is 53.1 Å². The number of rotatable bonds is 8. The molecule has 0 saturated carbocycles. The highest BCUT2D eigenvalue weighted by Gasteiger charge is 2.21. The summed E-state index contributed by atoms with van der Waals surface area (Å²) in [4.78, 5) is 13.7. The Morgan fingerprint density at radius 1 is 1.14 bits per heavy atom. The van der Waals surface area contributed by atoms with Crippen molar-refractivity contribution in [2.24, 2.45) is 5.10 Å². The highest BCUT2D eigenvalue weighted by atomic mass is 19.2. The summed E-state index contributed by atoms with van der Waals surface area (Å²) in [5.41, 5.74) is 3.13. The minimum Gasteiger partial charge on any atom is -0.507 e. The Bertz CT molecular complexity index is 892. The van der Waals surface area contributed by atoms with Gasteiger partial charge in [0.05, 0.1) is 6.21 Å². The third kappa shape index (κ3) is 5.37. The SMILES string of the molecule is CCN(CC)c1ccc(C=NNC(=O)COc2c(F)c(F)cc(F)c2F)c(O)c1. The normalized spacial score (nSPS) is 11.0. The summed E-state index contributed by atoms with van der Waals surface area (Å²) in [6.45, 7) is 4.53. The second-order valence-electron chi connectivity index (χ2n) is 5.79. The molecule has 10 heteroatoms. The van der Waals surface area contributed by atoms with Gasteiger partial charge >= 0.3 is 0 Å². The predicted molar refractivity (Wildman–Crippen MR) is 99.2 cm³/mol. The van der Waals surface area contributed by atoms with Crippen LogP contribution in [0.5, 0.6) is 11.5 Å². The lowest BCUT2D eigenvalue weighted by atomic mass is 10.2. The summed E-state index contributed by atoms with van der Waals surface area (Å²) in [5.74, 6) is -9.16. The molecular formula is C19H19F4N3O3. The number of nitrogens with one attached hydrogen (secondary N) is 1. The minimum atomic E-state index is -1.75. The Hall–Kier alpha value is -3.30. The van der Waals surface area contributed by atoms with Gasteiger partial charge in [-0.25, -0.2) is 14.2 Å². The monoisotopic (exact) mass is 413 g/mol. The van der Waals surface area contributed by atoms with Gasteiger partial charge in [0.2, 0.25) is 11.6 Å². The van der Waals surface area contributed by atoms with Crippen LogP contribution in [-0.4, -0.2) is 36.9 Å². The van der Waals surface area contributed by atoms with Gasteiger partial charge in [-0.3, -0.25) is 4.79 Å². The summed E-state index contributed by atoms with van der Waals surface area (Å²) in [7, 11) is 0. The van der Waals surface area contributed by atoms with Crippen LogP contribution in [-0.2, 0) is 4.79 Å². The number of carbonyl (C=O) groups excluding carboxylic acids is 1. The highest BCUT2D eigenvalue weighted by molar-refractivity contribution is 5.86. The van der Waals surface area contributed by atoms with Crippen molar-refractivity contribution >= 4 is 17.8 Å². The lowest BCUT2D eigenvalue weighted by Gasteiger charge is -2.21. The summed E-state index contributed by atoms with van der Waals surface area (Å²) in [5, 5.41) is 13.6. The molecule has 0 radical (unpaired) electrons. The van der Waals surface area contributed by atoms with Crippen LogP contribution in [0.4, 0.5) is 23.2 Å². The first kappa shape index (κ1) is 22.0. The maximum absolute atomic E-state index is 13.5. The van der Waals surface area contributed by atoms with Gasteiger partial charge in [0.1, 0.15) is 5.75 Å². The molecule has 0 aromatic heterocycles. The van der Waals surface area contributed by atoms with E-state index >= 15 is 0 Å². The Morgan fingerprint density at radius 2 is 1.76 bits per heavy atom. The summed E-state index contributed by atoms with van der Waals surface area (Å²) >= 11 is 0. The van der Waals surface area contributed by atoms with E-state index in [9.17, 15) is 27.5 Å². The van der Waals surface area contributed by atoms with Crippen molar-refractivity contribution in [2.45, 2.75) is 13.8 Å². The first-order valence-corrected chi connectivity index (χ1v) is 8.64. The number of hydrazone groups is 1. The van der Waals surface area contributed by atoms with Crippen molar-refractivity contribution in [1.82, 2.24) is 5.43 Å². The number of hydrogen-bond acceptors (Lipinski definition) is 5. The van der Waals surface area contributed by atoms with Gasteiger partial charge in [0, 0.05) is 36.5 Å². The number of benzene rings is 2. The lowest BCUT2D eigenvalue weighted by Crippen LogP contribution is -2.25. The van der Waals surface area contributed by atoms with Gasteiger partial charge in [0.15, 0.2) is 24.0 Å². The molecule has 2 rings (SSSR count). The third-order valence-electron chi connectivity index (χ3n) is 3.95. The molecule has 0 aliphatic carbocycles. The van der Waals surface area contributed by atoms with E-state index in [0.717, 1.165) is 25.0 Å². The molecular weight excluding hydrogens is 394 g/mol. The number of phenols is 1. The molecule has 0 fully saturated rings. The van der Waals surface area contributed by atoms with Crippen LogP contribution in [0.2, 0.25) is 0 Å². The molecule has 29 heavy (non-hydrogen) atoms. The fraction of sp³-hybridized carbons (Fsp3) is 0.263. The number of aromatic hydroxyl groups is 1. The van der Waals surface area contributed by atoms with E-state index in [2.05, 4.69) is 9.84 Å². The van der Waals surface area contributed by atoms with Crippen molar-refractivity contribution in [3.63, 3.8) is 0 Å². The zero-order valence-corrected chi connectivity index (χ0v) is 15.7. The molecule has 0 aliphatic heterocycles. The van der Waals surface area contributed by atoms with E-state index in [1.165, 1.54) is 0 Å². The van der Waals surface area contributed by atoms with Crippen LogP contribution in [0.25, 0.3) is 0 Å². The van der Waals surface area contributed by atoms with Crippen LogP contribution in [0.1, 0.15) is 19.4 Å². The number of amides is 1. The first-order chi connectivity index (χ1) is 13.8. The molecule has 2 N–H and O–H groups in total. The Balaban J connectivity index is 1.97. The molecule has 156 valence electrons. The van der Waals surface area contributed by atoms with Crippen molar-refractivity contribution in [2.75, 3.05) is 24.6 Å². The predicted octanol–water partition coefficient (Wildman–Crippen LogP) is 3.32.